The van der Waals surface area contributed by atoms with E-state index in [1.165, 1.54) is 29.1 Å². The van der Waals surface area contributed by atoms with Gasteiger partial charge in [0.15, 0.2) is 5.82 Å². The zero-order valence-electron chi connectivity index (χ0n) is 18.7. The van der Waals surface area contributed by atoms with Crippen molar-refractivity contribution in [3.63, 3.8) is 0 Å². The number of nitrogens with one attached hydrogen (secondary N) is 1. The lowest BCUT2D eigenvalue weighted by atomic mass is 9.92. The van der Waals surface area contributed by atoms with E-state index in [4.69, 9.17) is 4.74 Å². The van der Waals surface area contributed by atoms with Crippen molar-refractivity contribution in [2.24, 2.45) is 23.0 Å². The van der Waals surface area contributed by atoms with Crippen LogP contribution in [0.5, 0.6) is 5.88 Å². The van der Waals surface area contributed by atoms with Gasteiger partial charge in [0.25, 0.3) is 5.92 Å². The molecule has 0 bridgehead atoms. The molecule has 0 aliphatic heterocycles. The molecule has 2 atom stereocenters. The predicted molar refractivity (Wildman–Crippen MR) is 117 cm³/mol. The molecule has 1 amide bonds. The summed E-state index contributed by atoms with van der Waals surface area (Å²) in [6, 6.07) is 3.44. The molecule has 9 nitrogen and oxygen atoms in total. The molecule has 1 saturated carbocycles. The van der Waals surface area contributed by atoms with Gasteiger partial charge in [-0.25, -0.2) is 23.2 Å². The van der Waals surface area contributed by atoms with Crippen molar-refractivity contribution < 1.29 is 36.6 Å². The predicted octanol–water partition coefficient (Wildman–Crippen LogP) is 4.22. The van der Waals surface area contributed by atoms with Gasteiger partial charge in [0, 0.05) is 24.4 Å². The van der Waals surface area contributed by atoms with Gasteiger partial charge in [-0.3, -0.25) is 4.79 Å². The van der Waals surface area contributed by atoms with Crippen LogP contribution < -0.4 is 10.1 Å². The van der Waals surface area contributed by atoms with Crippen molar-refractivity contribution in [2.45, 2.75) is 51.2 Å². The van der Waals surface area contributed by atoms with E-state index in [0.29, 0.717) is 24.8 Å². The molecule has 0 spiro atoms. The minimum Gasteiger partial charge on any atom is -0.462 e. The van der Waals surface area contributed by atoms with Crippen molar-refractivity contribution in [1.29, 1.82) is 0 Å². The van der Waals surface area contributed by atoms with E-state index in [0.717, 1.165) is 4.88 Å². The maximum atomic E-state index is 13.3. The number of nitrogens with zero attached hydrogens (tertiary/aromatic N) is 4. The normalized spacial score (nSPS) is 20.0. The van der Waals surface area contributed by atoms with Crippen LogP contribution in [0.4, 0.5) is 28.4 Å². The van der Waals surface area contributed by atoms with Gasteiger partial charge in [0.1, 0.15) is 10.9 Å². The minimum atomic E-state index is -3.02. The highest BCUT2D eigenvalue weighted by Crippen LogP contribution is 2.49. The lowest BCUT2D eigenvalue weighted by molar-refractivity contribution is -0.119. The van der Waals surface area contributed by atoms with Crippen LogP contribution in [-0.2, 0) is 29.4 Å². The number of hydrogen-bond donors (Lipinski definition) is 1. The van der Waals surface area contributed by atoms with Gasteiger partial charge in [-0.15, -0.1) is 16.4 Å². The van der Waals surface area contributed by atoms with Crippen LogP contribution in [0.2, 0.25) is 0 Å². The lowest BCUT2D eigenvalue weighted by Gasteiger charge is -2.18. The van der Waals surface area contributed by atoms with E-state index in [1.807, 2.05) is 0 Å². The Balaban J connectivity index is 1.53. The first-order chi connectivity index (χ1) is 16.6. The Morgan fingerprint density at radius 3 is 2.83 bits per heavy atom. The van der Waals surface area contributed by atoms with Gasteiger partial charge in [-0.2, -0.15) is 13.8 Å². The van der Waals surface area contributed by atoms with Crippen molar-refractivity contribution in [2.75, 3.05) is 11.9 Å². The maximum Gasteiger partial charge on any atom is 0.388 e. The van der Waals surface area contributed by atoms with E-state index < -0.39 is 36.7 Å². The number of alkyl halides is 4. The number of rotatable bonds is 8. The van der Waals surface area contributed by atoms with Crippen molar-refractivity contribution in [3.05, 3.63) is 22.1 Å². The molecule has 2 aliphatic rings. The van der Waals surface area contributed by atoms with Crippen molar-refractivity contribution in [3.8, 4) is 5.88 Å². The lowest BCUT2D eigenvalue weighted by Crippen LogP contribution is -2.21. The molecule has 1 N–H and O–H groups in total. The monoisotopic (exact) mass is 515 g/mol. The van der Waals surface area contributed by atoms with Gasteiger partial charge < -0.3 is 14.8 Å². The average Bonchev–Trinajstić information content (AvgIpc) is 3.08. The molecule has 14 heteroatoms. The van der Waals surface area contributed by atoms with Crippen LogP contribution in [0.25, 0.3) is 0 Å². The quantitative estimate of drug-likeness (QED) is 0.322. The van der Waals surface area contributed by atoms with Gasteiger partial charge in [0.2, 0.25) is 11.8 Å². The maximum absolute atomic E-state index is 13.3. The number of carbonyl (C=O) groups excluding carboxylic acids is 2. The summed E-state index contributed by atoms with van der Waals surface area (Å²) in [5.74, 6) is -5.99. The number of hydrogen-bond acceptors (Lipinski definition) is 8. The number of carbonyl (C=O) groups is 2. The molecule has 35 heavy (non-hydrogen) atoms. The Bertz CT molecular complexity index is 1200. The smallest absolute Gasteiger partial charge is 0.388 e. The molecule has 4 rings (SSSR count). The summed E-state index contributed by atoms with van der Waals surface area (Å²) in [6.45, 7) is -1.27. The fourth-order valence-electron chi connectivity index (χ4n) is 3.73. The second kappa shape index (κ2) is 9.78. The van der Waals surface area contributed by atoms with Crippen LogP contribution in [0.3, 0.4) is 0 Å². The number of halogens is 4. The van der Waals surface area contributed by atoms with E-state index in [1.54, 1.807) is 6.92 Å². The van der Waals surface area contributed by atoms with E-state index in [9.17, 15) is 27.2 Å². The van der Waals surface area contributed by atoms with Gasteiger partial charge >= 0.3 is 12.6 Å². The largest absolute Gasteiger partial charge is 0.462 e. The summed E-state index contributed by atoms with van der Waals surface area (Å²) in [7, 11) is 1.50. The number of aryl methyl sites for hydroxylation is 2. The first-order valence-electron chi connectivity index (χ1n) is 10.7. The van der Waals surface area contributed by atoms with Gasteiger partial charge in [-0.05, 0) is 31.7 Å². The molecule has 188 valence electrons. The van der Waals surface area contributed by atoms with Crippen LogP contribution in [-0.4, -0.2) is 52.8 Å². The summed E-state index contributed by atoms with van der Waals surface area (Å²) in [4.78, 5) is 34.0. The fourth-order valence-corrected chi connectivity index (χ4v) is 4.96. The van der Waals surface area contributed by atoms with Crippen molar-refractivity contribution >= 4 is 40.0 Å². The Morgan fingerprint density at radius 1 is 1.43 bits per heavy atom. The molecule has 0 aromatic carbocycles. The number of anilines is 1. The Labute approximate surface area is 200 Å². The molecule has 0 radical (unpaired) electrons. The number of fused-ring (bicyclic) bond motifs is 1. The highest BCUT2D eigenvalue weighted by molar-refractivity contribution is 7.17. The van der Waals surface area contributed by atoms with E-state index in [-0.39, 0.29) is 34.9 Å². The molecular weight excluding hydrogens is 494 g/mol. The highest BCUT2D eigenvalue weighted by Gasteiger charge is 2.61. The first kappa shape index (κ1) is 24.9. The third kappa shape index (κ3) is 5.54. The van der Waals surface area contributed by atoms with E-state index in [2.05, 4.69) is 31.1 Å². The summed E-state index contributed by atoms with van der Waals surface area (Å²) in [5.41, 5.74) is 0.794. The molecule has 2 aliphatic carbocycles. The van der Waals surface area contributed by atoms with Crippen LogP contribution in [0.15, 0.2) is 16.1 Å². The van der Waals surface area contributed by atoms with Gasteiger partial charge in [-0.1, -0.05) is 0 Å². The third-order valence-electron chi connectivity index (χ3n) is 5.54. The zero-order valence-corrected chi connectivity index (χ0v) is 19.5. The number of aliphatic imine (C=N–C) groups is 2. The summed E-state index contributed by atoms with van der Waals surface area (Å²) in [5, 5.41) is 6.43. The number of amides is 1. The fraction of sp³-hybridized carbons (Fsp3) is 0.524. The van der Waals surface area contributed by atoms with Crippen LogP contribution in [0, 0.1) is 5.92 Å². The molecule has 0 saturated heterocycles. The summed E-state index contributed by atoms with van der Waals surface area (Å²) >= 11 is 1.17. The molecule has 0 unspecified atom stereocenters. The van der Waals surface area contributed by atoms with E-state index >= 15 is 0 Å². The molecule has 2 heterocycles. The Hall–Kier alpha value is -3.25. The second-order valence-electron chi connectivity index (χ2n) is 8.02. The number of aromatic nitrogens is 2. The summed E-state index contributed by atoms with van der Waals surface area (Å²) < 4.78 is 61.9. The number of thiophene rings is 1. The number of esters is 1. The third-order valence-corrected chi connectivity index (χ3v) is 6.75. The van der Waals surface area contributed by atoms with Crippen molar-refractivity contribution in [1.82, 2.24) is 9.78 Å². The molecular formula is C21H21F4N5O4S. The summed E-state index contributed by atoms with van der Waals surface area (Å²) in [6.07, 6.45) is 0.942. The second-order valence-corrected chi connectivity index (χ2v) is 9.12. The number of ether oxygens (including phenoxy) is 2. The SMILES string of the molecule is CCOC(=O)c1c(NC(=O)[C@H]2CC2(F)F)sc2c1C[C@@H](N=C=Nc1cc(OC(F)F)nn1C)CC2. The highest BCUT2D eigenvalue weighted by atomic mass is 32.1. The van der Waals surface area contributed by atoms with Crippen LogP contribution in [0.1, 0.15) is 40.6 Å². The molecule has 1 fully saturated rings. The van der Waals surface area contributed by atoms with Gasteiger partial charge in [0.05, 0.1) is 24.2 Å². The topological polar surface area (TPSA) is 107 Å². The Kier molecular flexibility index (Phi) is 6.95. The van der Waals surface area contributed by atoms with Crippen LogP contribution >= 0.6 is 11.3 Å². The average molecular weight is 515 g/mol. The molecule has 2 aromatic heterocycles. The molecule has 2 aromatic rings. The zero-order chi connectivity index (χ0) is 25.3. The first-order valence-corrected chi connectivity index (χ1v) is 11.6. The minimum absolute atomic E-state index is 0.105. The Morgan fingerprint density at radius 2 is 2.17 bits per heavy atom. The standard InChI is InChI=1S/C21H21F4N5O4S/c1-3-33-19(32)16-11-6-10(26-9-27-14-7-15(29-30(14)2)34-20(22)23)4-5-13(11)35-18(16)28-17(31)12-8-21(12,24)25/h7,10,12,20H,3-6,8H2,1-2H3,(H,28,31)/t10-,12+/m0/s1.